The monoisotopic (exact) mass is 337 g/mol. The fourth-order valence-corrected chi connectivity index (χ4v) is 2.09. The van der Waals surface area contributed by atoms with Gasteiger partial charge in [0.15, 0.2) is 17.8 Å². The van der Waals surface area contributed by atoms with Crippen LogP contribution in [0.2, 0.25) is 0 Å². The number of ether oxygens (including phenoxy) is 1. The van der Waals surface area contributed by atoms with Crippen LogP contribution in [0.1, 0.15) is 28.9 Å². The Morgan fingerprint density at radius 1 is 1.50 bits per heavy atom. The van der Waals surface area contributed by atoms with Gasteiger partial charge in [0.05, 0.1) is 5.56 Å². The van der Waals surface area contributed by atoms with E-state index in [1.54, 1.807) is 13.1 Å². The molecule has 1 atom stereocenters. The molecular formula is C13H12BrN3O3. The van der Waals surface area contributed by atoms with Gasteiger partial charge in [0.1, 0.15) is 18.2 Å². The molecule has 0 aliphatic carbocycles. The van der Waals surface area contributed by atoms with Crippen molar-refractivity contribution < 1.29 is 14.6 Å². The summed E-state index contributed by atoms with van der Waals surface area (Å²) in [5, 5.41) is 9.84. The maximum Gasteiger partial charge on any atom is 0.162 e. The van der Waals surface area contributed by atoms with Crippen LogP contribution in [0, 0.1) is 0 Å². The number of carbonyl (C=O) groups is 1. The van der Waals surface area contributed by atoms with Gasteiger partial charge >= 0.3 is 0 Å². The van der Waals surface area contributed by atoms with Crippen LogP contribution in [0.4, 0.5) is 5.82 Å². The first-order valence-electron chi connectivity index (χ1n) is 5.72. The van der Waals surface area contributed by atoms with Crippen molar-refractivity contribution in [2.45, 2.75) is 13.0 Å². The number of phenolic OH excluding ortho intramolecular Hbond substituents is 1. The Hall–Kier alpha value is -2.15. The summed E-state index contributed by atoms with van der Waals surface area (Å²) in [5.74, 6) is 0.413. The SMILES string of the molecule is CC(Oc1cc(C=O)c(Br)cc1O)c1cncnc1N. The number of hydrogen-bond donors (Lipinski definition) is 2. The average molecular weight is 338 g/mol. The third-order valence-corrected chi connectivity index (χ3v) is 3.41. The highest BCUT2D eigenvalue weighted by Gasteiger charge is 2.15. The zero-order valence-electron chi connectivity index (χ0n) is 10.6. The summed E-state index contributed by atoms with van der Waals surface area (Å²) in [6.45, 7) is 1.75. The van der Waals surface area contributed by atoms with Gasteiger partial charge in [0.2, 0.25) is 0 Å². The highest BCUT2D eigenvalue weighted by molar-refractivity contribution is 9.10. The Bertz CT molecular complexity index is 649. The van der Waals surface area contributed by atoms with Crippen molar-refractivity contribution in [3.8, 4) is 11.5 Å². The van der Waals surface area contributed by atoms with Gasteiger partial charge in [-0.15, -0.1) is 0 Å². The Morgan fingerprint density at radius 3 is 2.90 bits per heavy atom. The van der Waals surface area contributed by atoms with Crippen LogP contribution in [0.5, 0.6) is 11.5 Å². The van der Waals surface area contributed by atoms with E-state index < -0.39 is 6.10 Å². The molecule has 0 fully saturated rings. The maximum absolute atomic E-state index is 10.9. The van der Waals surface area contributed by atoms with E-state index >= 15 is 0 Å². The standard InChI is InChI=1S/C13H12BrN3O3/c1-7(9-4-16-6-17-13(9)15)20-12-2-8(5-18)10(14)3-11(12)19/h2-7,19H,1H3,(H2,15,16,17). The van der Waals surface area contributed by atoms with E-state index in [1.165, 1.54) is 18.5 Å². The van der Waals surface area contributed by atoms with Crippen LogP contribution in [0.15, 0.2) is 29.1 Å². The molecule has 1 heterocycles. The molecule has 6 nitrogen and oxygen atoms in total. The Balaban J connectivity index is 2.30. The van der Waals surface area contributed by atoms with Crippen LogP contribution in [-0.2, 0) is 0 Å². The molecule has 0 saturated carbocycles. The number of rotatable bonds is 4. The summed E-state index contributed by atoms with van der Waals surface area (Å²) in [5.41, 5.74) is 6.71. The van der Waals surface area contributed by atoms with E-state index in [9.17, 15) is 9.90 Å². The number of aromatic nitrogens is 2. The summed E-state index contributed by atoms with van der Waals surface area (Å²) >= 11 is 3.18. The van der Waals surface area contributed by atoms with Crippen molar-refractivity contribution >= 4 is 28.0 Å². The molecule has 2 rings (SSSR count). The van der Waals surface area contributed by atoms with Crippen molar-refractivity contribution in [3.63, 3.8) is 0 Å². The lowest BCUT2D eigenvalue weighted by Gasteiger charge is -2.17. The molecule has 3 N–H and O–H groups in total. The molecular weight excluding hydrogens is 326 g/mol. The number of nitrogen functional groups attached to an aromatic ring is 1. The molecule has 0 spiro atoms. The second-order valence-electron chi connectivity index (χ2n) is 4.08. The number of anilines is 1. The van der Waals surface area contributed by atoms with E-state index in [4.69, 9.17) is 10.5 Å². The number of aldehydes is 1. The summed E-state index contributed by atoms with van der Waals surface area (Å²) in [4.78, 5) is 18.6. The summed E-state index contributed by atoms with van der Waals surface area (Å²) in [6, 6.07) is 2.85. The summed E-state index contributed by atoms with van der Waals surface area (Å²) < 4.78 is 6.11. The number of hydrogen-bond acceptors (Lipinski definition) is 6. The number of nitrogens with two attached hydrogens (primary N) is 1. The molecule has 0 aliphatic heterocycles. The molecule has 7 heteroatoms. The number of carbonyl (C=O) groups excluding carboxylic acids is 1. The van der Waals surface area contributed by atoms with Crippen LogP contribution in [0.3, 0.4) is 0 Å². The second-order valence-corrected chi connectivity index (χ2v) is 4.94. The molecule has 0 aliphatic rings. The number of nitrogens with zero attached hydrogens (tertiary/aromatic N) is 2. The smallest absolute Gasteiger partial charge is 0.162 e. The molecule has 0 bridgehead atoms. The van der Waals surface area contributed by atoms with E-state index in [-0.39, 0.29) is 11.5 Å². The predicted molar refractivity (Wildman–Crippen MR) is 76.7 cm³/mol. The Labute approximate surface area is 123 Å². The van der Waals surface area contributed by atoms with Gasteiger partial charge in [-0.05, 0) is 35.0 Å². The zero-order chi connectivity index (χ0) is 14.7. The Morgan fingerprint density at radius 2 is 2.25 bits per heavy atom. The molecule has 1 aromatic carbocycles. The third-order valence-electron chi connectivity index (χ3n) is 2.72. The summed E-state index contributed by atoms with van der Waals surface area (Å²) in [6.07, 6.45) is 3.08. The highest BCUT2D eigenvalue weighted by atomic mass is 79.9. The van der Waals surface area contributed by atoms with Gasteiger partial charge in [0, 0.05) is 16.2 Å². The van der Waals surface area contributed by atoms with Crippen molar-refractivity contribution in [1.82, 2.24) is 9.97 Å². The van der Waals surface area contributed by atoms with E-state index in [2.05, 4.69) is 25.9 Å². The fourth-order valence-electron chi connectivity index (χ4n) is 1.66. The van der Waals surface area contributed by atoms with Gasteiger partial charge in [-0.1, -0.05) is 0 Å². The second kappa shape index (κ2) is 5.87. The van der Waals surface area contributed by atoms with Crippen molar-refractivity contribution in [3.05, 3.63) is 40.3 Å². The quantitative estimate of drug-likeness (QED) is 0.831. The van der Waals surface area contributed by atoms with Crippen LogP contribution >= 0.6 is 15.9 Å². The van der Waals surface area contributed by atoms with Crippen molar-refractivity contribution in [2.75, 3.05) is 5.73 Å². The minimum absolute atomic E-state index is 0.0789. The van der Waals surface area contributed by atoms with Crippen LogP contribution < -0.4 is 10.5 Å². The molecule has 0 amide bonds. The normalized spacial score (nSPS) is 11.9. The van der Waals surface area contributed by atoms with Gasteiger partial charge in [0.25, 0.3) is 0 Å². The molecule has 104 valence electrons. The van der Waals surface area contributed by atoms with Crippen molar-refractivity contribution in [2.24, 2.45) is 0 Å². The lowest BCUT2D eigenvalue weighted by Crippen LogP contribution is -2.08. The predicted octanol–water partition coefficient (Wildman–Crippen LogP) is 2.48. The van der Waals surface area contributed by atoms with E-state index in [0.29, 0.717) is 27.7 Å². The first kappa shape index (κ1) is 14.3. The molecule has 0 saturated heterocycles. The number of benzene rings is 1. The third kappa shape index (κ3) is 2.88. The van der Waals surface area contributed by atoms with E-state index in [1.807, 2.05) is 0 Å². The van der Waals surface area contributed by atoms with Gasteiger partial charge in [-0.3, -0.25) is 4.79 Å². The number of halogens is 1. The average Bonchev–Trinajstić information content (AvgIpc) is 2.42. The topological polar surface area (TPSA) is 98.3 Å². The largest absolute Gasteiger partial charge is 0.504 e. The first-order valence-corrected chi connectivity index (χ1v) is 6.52. The first-order chi connectivity index (χ1) is 9.52. The highest BCUT2D eigenvalue weighted by Crippen LogP contribution is 2.35. The van der Waals surface area contributed by atoms with Crippen LogP contribution in [0.25, 0.3) is 0 Å². The molecule has 20 heavy (non-hydrogen) atoms. The lowest BCUT2D eigenvalue weighted by atomic mass is 10.2. The fraction of sp³-hybridized carbons (Fsp3) is 0.154. The van der Waals surface area contributed by atoms with Gasteiger partial charge in [-0.2, -0.15) is 0 Å². The van der Waals surface area contributed by atoms with Crippen LogP contribution in [-0.4, -0.2) is 21.4 Å². The molecule has 1 unspecified atom stereocenters. The molecule has 2 aromatic rings. The lowest BCUT2D eigenvalue weighted by molar-refractivity contribution is 0.112. The molecule has 1 aromatic heterocycles. The number of phenols is 1. The molecule has 0 radical (unpaired) electrons. The Kier molecular flexibility index (Phi) is 4.19. The van der Waals surface area contributed by atoms with Gasteiger partial charge < -0.3 is 15.6 Å². The number of aromatic hydroxyl groups is 1. The minimum Gasteiger partial charge on any atom is -0.504 e. The zero-order valence-corrected chi connectivity index (χ0v) is 12.2. The minimum atomic E-state index is -0.470. The van der Waals surface area contributed by atoms with E-state index in [0.717, 1.165) is 0 Å². The van der Waals surface area contributed by atoms with Crippen molar-refractivity contribution in [1.29, 1.82) is 0 Å². The maximum atomic E-state index is 10.9. The summed E-state index contributed by atoms with van der Waals surface area (Å²) in [7, 11) is 0. The van der Waals surface area contributed by atoms with Gasteiger partial charge in [-0.25, -0.2) is 9.97 Å².